The summed E-state index contributed by atoms with van der Waals surface area (Å²) in [7, 11) is 1.62. The Bertz CT molecular complexity index is 784. The lowest BCUT2D eigenvalue weighted by atomic mass is 10.0. The third kappa shape index (κ3) is 2.99. The first-order valence-corrected chi connectivity index (χ1v) is 8.06. The zero-order valence-electron chi connectivity index (χ0n) is 13.4. The van der Waals surface area contributed by atoms with Gasteiger partial charge in [-0.05, 0) is 25.3 Å². The van der Waals surface area contributed by atoms with Crippen molar-refractivity contribution in [3.8, 4) is 0 Å². The van der Waals surface area contributed by atoms with Crippen LogP contribution in [0.15, 0.2) is 29.1 Å². The fourth-order valence-electron chi connectivity index (χ4n) is 3.33. The van der Waals surface area contributed by atoms with Gasteiger partial charge in [-0.1, -0.05) is 18.2 Å². The summed E-state index contributed by atoms with van der Waals surface area (Å²) >= 11 is 0. The van der Waals surface area contributed by atoms with Crippen molar-refractivity contribution in [1.29, 1.82) is 0 Å². The first kappa shape index (κ1) is 15.7. The lowest BCUT2D eigenvalue weighted by Crippen LogP contribution is -2.48. The van der Waals surface area contributed by atoms with Crippen LogP contribution in [-0.2, 0) is 18.3 Å². The number of carbonyl (C=O) groups is 1. The number of rotatable bonds is 3. The molecule has 1 atom stereocenters. The second-order valence-corrected chi connectivity index (χ2v) is 6.07. The largest absolute Gasteiger partial charge is 0.338 e. The normalized spacial score (nSPS) is 18.3. The number of hydrogen-bond acceptors (Lipinski definition) is 4. The standard InChI is InChI=1S/C17H22N4O2/c1-20-17(23)14-8-3-2-7-13(14)15(19-20)10-16(22)21-9-5-4-6-12(21)11-18/h2-3,7-8,12H,4-6,9-11,18H2,1H3. The molecule has 1 fully saturated rings. The number of fused-ring (bicyclic) bond motifs is 1. The topological polar surface area (TPSA) is 81.2 Å². The maximum absolute atomic E-state index is 12.7. The van der Waals surface area contributed by atoms with Gasteiger partial charge in [0.05, 0.1) is 17.5 Å². The minimum atomic E-state index is -0.144. The molecule has 1 amide bonds. The molecule has 2 heterocycles. The molecule has 0 spiro atoms. The van der Waals surface area contributed by atoms with Gasteiger partial charge in [0.1, 0.15) is 0 Å². The fraction of sp³-hybridized carbons (Fsp3) is 0.471. The smallest absolute Gasteiger partial charge is 0.274 e. The fourth-order valence-corrected chi connectivity index (χ4v) is 3.33. The molecule has 1 aromatic carbocycles. The Balaban J connectivity index is 1.93. The number of hydrogen-bond donors (Lipinski definition) is 1. The van der Waals surface area contributed by atoms with Gasteiger partial charge in [-0.15, -0.1) is 0 Å². The average molecular weight is 314 g/mol. The molecule has 1 unspecified atom stereocenters. The lowest BCUT2D eigenvalue weighted by molar-refractivity contribution is -0.133. The number of nitrogens with two attached hydrogens (primary N) is 1. The summed E-state index contributed by atoms with van der Waals surface area (Å²) in [5.74, 6) is 0.0384. The molecule has 0 saturated carbocycles. The molecule has 1 aromatic heterocycles. The van der Waals surface area contributed by atoms with Crippen LogP contribution in [0.1, 0.15) is 25.0 Å². The highest BCUT2D eigenvalue weighted by molar-refractivity contribution is 5.88. The van der Waals surface area contributed by atoms with E-state index in [0.717, 1.165) is 31.2 Å². The Morgan fingerprint density at radius 3 is 2.78 bits per heavy atom. The van der Waals surface area contributed by atoms with Gasteiger partial charge in [-0.25, -0.2) is 4.68 Å². The van der Waals surface area contributed by atoms with Gasteiger partial charge >= 0.3 is 0 Å². The quantitative estimate of drug-likeness (QED) is 0.909. The van der Waals surface area contributed by atoms with Gasteiger partial charge in [-0.3, -0.25) is 9.59 Å². The van der Waals surface area contributed by atoms with E-state index in [1.165, 1.54) is 4.68 Å². The van der Waals surface area contributed by atoms with Crippen molar-refractivity contribution >= 4 is 16.7 Å². The summed E-state index contributed by atoms with van der Waals surface area (Å²) < 4.78 is 1.31. The number of likely N-dealkylation sites (tertiary alicyclic amines) is 1. The Kier molecular flexibility index (Phi) is 4.43. The molecule has 2 aromatic rings. The van der Waals surface area contributed by atoms with Crippen LogP contribution in [0.25, 0.3) is 10.8 Å². The van der Waals surface area contributed by atoms with E-state index < -0.39 is 0 Å². The summed E-state index contributed by atoms with van der Waals surface area (Å²) in [4.78, 5) is 26.8. The molecule has 1 aliphatic heterocycles. The van der Waals surface area contributed by atoms with Crippen molar-refractivity contribution in [1.82, 2.24) is 14.7 Å². The Morgan fingerprint density at radius 1 is 1.30 bits per heavy atom. The first-order chi connectivity index (χ1) is 11.1. The summed E-state index contributed by atoms with van der Waals surface area (Å²) in [5, 5.41) is 5.67. The molecule has 23 heavy (non-hydrogen) atoms. The molecular formula is C17H22N4O2. The zero-order chi connectivity index (χ0) is 16.4. The van der Waals surface area contributed by atoms with Gasteiger partial charge in [-0.2, -0.15) is 5.10 Å². The van der Waals surface area contributed by atoms with Gasteiger partial charge in [0, 0.05) is 31.6 Å². The van der Waals surface area contributed by atoms with Gasteiger partial charge < -0.3 is 10.6 Å². The predicted molar refractivity (Wildman–Crippen MR) is 89.1 cm³/mol. The van der Waals surface area contributed by atoms with Gasteiger partial charge in [0.2, 0.25) is 5.91 Å². The minimum absolute atomic E-state index is 0.0384. The lowest BCUT2D eigenvalue weighted by Gasteiger charge is -2.35. The van der Waals surface area contributed by atoms with E-state index in [0.29, 0.717) is 17.6 Å². The van der Waals surface area contributed by atoms with E-state index in [1.807, 2.05) is 23.1 Å². The highest BCUT2D eigenvalue weighted by Crippen LogP contribution is 2.19. The van der Waals surface area contributed by atoms with Crippen LogP contribution in [0.3, 0.4) is 0 Å². The number of aryl methyl sites for hydroxylation is 1. The van der Waals surface area contributed by atoms with Crippen molar-refractivity contribution in [2.45, 2.75) is 31.7 Å². The Labute approximate surface area is 134 Å². The summed E-state index contributed by atoms with van der Waals surface area (Å²) in [6, 6.07) is 7.43. The molecule has 122 valence electrons. The van der Waals surface area contributed by atoms with Crippen molar-refractivity contribution in [3.63, 3.8) is 0 Å². The number of benzene rings is 1. The third-order valence-electron chi connectivity index (χ3n) is 4.57. The van der Waals surface area contributed by atoms with Crippen LogP contribution in [0.2, 0.25) is 0 Å². The van der Waals surface area contributed by atoms with Gasteiger partial charge in [0.25, 0.3) is 5.56 Å². The SMILES string of the molecule is Cn1nc(CC(=O)N2CCCCC2CN)c2ccccc2c1=O. The van der Waals surface area contributed by atoms with Crippen LogP contribution in [-0.4, -0.2) is 39.7 Å². The molecule has 2 N–H and O–H groups in total. The number of nitrogens with zero attached hydrogens (tertiary/aromatic N) is 3. The second kappa shape index (κ2) is 6.50. The minimum Gasteiger partial charge on any atom is -0.338 e. The highest BCUT2D eigenvalue weighted by Gasteiger charge is 2.26. The molecule has 6 nitrogen and oxygen atoms in total. The molecule has 0 radical (unpaired) electrons. The predicted octanol–water partition coefficient (Wildman–Crippen LogP) is 0.816. The number of aromatic nitrogens is 2. The number of amides is 1. The monoisotopic (exact) mass is 314 g/mol. The molecule has 6 heteroatoms. The van der Waals surface area contributed by atoms with E-state index in [9.17, 15) is 9.59 Å². The summed E-state index contributed by atoms with van der Waals surface area (Å²) in [6.45, 7) is 1.25. The van der Waals surface area contributed by atoms with Crippen molar-refractivity contribution in [3.05, 3.63) is 40.3 Å². The Hall–Kier alpha value is -2.21. The third-order valence-corrected chi connectivity index (χ3v) is 4.57. The molecule has 0 aliphatic carbocycles. The average Bonchev–Trinajstić information content (AvgIpc) is 2.59. The highest BCUT2D eigenvalue weighted by atomic mass is 16.2. The van der Waals surface area contributed by atoms with Crippen LogP contribution in [0.4, 0.5) is 0 Å². The first-order valence-electron chi connectivity index (χ1n) is 8.06. The van der Waals surface area contributed by atoms with E-state index in [2.05, 4.69) is 5.10 Å². The van der Waals surface area contributed by atoms with Gasteiger partial charge in [0.15, 0.2) is 0 Å². The zero-order valence-corrected chi connectivity index (χ0v) is 13.4. The molecule has 0 bridgehead atoms. The Morgan fingerprint density at radius 2 is 2.04 bits per heavy atom. The molecular weight excluding hydrogens is 292 g/mol. The maximum atomic E-state index is 12.7. The molecule has 1 aliphatic rings. The summed E-state index contributed by atoms with van der Waals surface area (Å²) in [6.07, 6.45) is 3.30. The van der Waals surface area contributed by atoms with E-state index >= 15 is 0 Å². The van der Waals surface area contributed by atoms with E-state index in [1.54, 1.807) is 13.1 Å². The second-order valence-electron chi connectivity index (χ2n) is 6.07. The van der Waals surface area contributed by atoms with Crippen molar-refractivity contribution < 1.29 is 4.79 Å². The van der Waals surface area contributed by atoms with E-state index in [4.69, 9.17) is 5.73 Å². The van der Waals surface area contributed by atoms with Crippen molar-refractivity contribution in [2.24, 2.45) is 12.8 Å². The van der Waals surface area contributed by atoms with Crippen LogP contribution in [0.5, 0.6) is 0 Å². The van der Waals surface area contributed by atoms with Crippen LogP contribution >= 0.6 is 0 Å². The number of carbonyl (C=O) groups excluding carboxylic acids is 1. The van der Waals surface area contributed by atoms with Crippen molar-refractivity contribution in [2.75, 3.05) is 13.1 Å². The maximum Gasteiger partial charge on any atom is 0.274 e. The number of piperidine rings is 1. The van der Waals surface area contributed by atoms with E-state index in [-0.39, 0.29) is 23.9 Å². The summed E-state index contributed by atoms with van der Waals surface area (Å²) in [5.41, 5.74) is 6.31. The van der Waals surface area contributed by atoms with Crippen LogP contribution < -0.4 is 11.3 Å². The van der Waals surface area contributed by atoms with Crippen LogP contribution in [0, 0.1) is 0 Å². The molecule has 3 rings (SSSR count). The molecule has 1 saturated heterocycles.